The summed E-state index contributed by atoms with van der Waals surface area (Å²) in [4.78, 5) is 43.3. The number of hydrogen-bond acceptors (Lipinski definition) is 6. The van der Waals surface area contributed by atoms with Gasteiger partial charge in [0.2, 0.25) is 0 Å². The largest absolute Gasteiger partial charge is 0.459 e. The summed E-state index contributed by atoms with van der Waals surface area (Å²) in [6, 6.07) is 10.5. The quantitative estimate of drug-likeness (QED) is 0.471. The Bertz CT molecular complexity index is 1480. The molecule has 1 N–H and O–H groups in total. The van der Waals surface area contributed by atoms with Crippen molar-refractivity contribution in [3.8, 4) is 11.8 Å². The highest BCUT2D eigenvalue weighted by Gasteiger charge is 2.25. The fraction of sp³-hybridized carbons (Fsp3) is 0.310. The Morgan fingerprint density at radius 3 is 2.51 bits per heavy atom. The van der Waals surface area contributed by atoms with Crippen LogP contribution in [0.2, 0.25) is 0 Å². The van der Waals surface area contributed by atoms with E-state index in [4.69, 9.17) is 9.15 Å². The molecule has 39 heavy (non-hydrogen) atoms. The molecule has 202 valence electrons. The minimum atomic E-state index is -0.546. The van der Waals surface area contributed by atoms with E-state index in [1.165, 1.54) is 12.5 Å². The van der Waals surface area contributed by atoms with E-state index in [0.717, 1.165) is 5.56 Å². The molecule has 1 saturated heterocycles. The van der Waals surface area contributed by atoms with Crippen LogP contribution >= 0.6 is 0 Å². The highest BCUT2D eigenvalue weighted by Crippen LogP contribution is 2.16. The molecule has 3 amide bonds. The van der Waals surface area contributed by atoms with Gasteiger partial charge in [0.15, 0.2) is 5.76 Å². The topological polar surface area (TPSA) is 114 Å². The van der Waals surface area contributed by atoms with Crippen LogP contribution in [0, 0.1) is 18.8 Å². The van der Waals surface area contributed by atoms with E-state index >= 15 is 0 Å². The molecule has 0 bridgehead atoms. The lowest BCUT2D eigenvalue weighted by Crippen LogP contribution is -2.44. The van der Waals surface area contributed by atoms with Crippen LogP contribution in [0.25, 0.3) is 0 Å². The zero-order chi connectivity index (χ0) is 28.0. The Morgan fingerprint density at radius 2 is 1.82 bits per heavy atom. The second-order valence-corrected chi connectivity index (χ2v) is 11.8. The predicted octanol–water partition coefficient (Wildman–Crippen LogP) is 4.83. The van der Waals surface area contributed by atoms with Gasteiger partial charge in [-0.05, 0) is 58.0 Å². The lowest BCUT2D eigenvalue weighted by molar-refractivity contribution is 0.0269. The highest BCUT2D eigenvalue weighted by atomic mass is 32.2. The Morgan fingerprint density at radius 1 is 1.08 bits per heavy atom. The number of amides is 3. The van der Waals surface area contributed by atoms with Crippen molar-refractivity contribution in [2.75, 3.05) is 29.9 Å². The number of anilines is 1. The van der Waals surface area contributed by atoms with E-state index in [2.05, 4.69) is 26.5 Å². The molecular formula is C29H30N4O5S. The lowest BCUT2D eigenvalue weighted by atomic mass is 10.1. The summed E-state index contributed by atoms with van der Waals surface area (Å²) >= 11 is 0. The molecule has 1 fully saturated rings. The number of nitrogens with zero attached hydrogens (tertiary/aromatic N) is 3. The van der Waals surface area contributed by atoms with Crippen LogP contribution in [0.15, 0.2) is 63.8 Å². The highest BCUT2D eigenvalue weighted by molar-refractivity contribution is 7.87. The van der Waals surface area contributed by atoms with E-state index in [9.17, 15) is 14.4 Å². The summed E-state index contributed by atoms with van der Waals surface area (Å²) in [6.45, 7) is 8.30. The van der Waals surface area contributed by atoms with Gasteiger partial charge in [-0.25, -0.2) is 4.79 Å². The summed E-state index contributed by atoms with van der Waals surface area (Å²) in [7, 11) is -0.475. The van der Waals surface area contributed by atoms with Crippen molar-refractivity contribution in [1.82, 2.24) is 9.88 Å². The van der Waals surface area contributed by atoms with Crippen LogP contribution in [0.5, 0.6) is 0 Å². The minimum absolute atomic E-state index is 0.263. The Kier molecular flexibility index (Phi) is 8.62. The summed E-state index contributed by atoms with van der Waals surface area (Å²) in [5, 5.41) is 2.81. The molecular weight excluding hydrogens is 516 g/mol. The van der Waals surface area contributed by atoms with Crippen molar-refractivity contribution in [2.24, 2.45) is 4.36 Å². The molecule has 0 atom stereocenters. The van der Waals surface area contributed by atoms with Crippen LogP contribution in [0.1, 0.15) is 58.4 Å². The fourth-order valence-corrected chi connectivity index (χ4v) is 5.24. The monoisotopic (exact) mass is 546 g/mol. The molecule has 9 nitrogen and oxygen atoms in total. The number of rotatable bonds is 3. The maximum absolute atomic E-state index is 12.8. The first-order chi connectivity index (χ1) is 18.6. The number of hydrogen-bond donors (Lipinski definition) is 1. The average Bonchev–Trinajstić information content (AvgIpc) is 3.33. The molecule has 3 heterocycles. The smallest absolute Gasteiger partial charge is 0.410 e. The SMILES string of the molecule is Cc1ccoc1C(=O)Nc1cccc(C#Cc2cncc(C(=O)N=S3CCN(C(=O)OC(C)(C)C)CC3)c2)c1. The lowest BCUT2D eigenvalue weighted by Gasteiger charge is -2.30. The van der Waals surface area contributed by atoms with Gasteiger partial charge in [-0.3, -0.25) is 14.6 Å². The number of nitrogens with one attached hydrogen (secondary N) is 1. The molecule has 0 aliphatic carbocycles. The number of aromatic nitrogens is 1. The summed E-state index contributed by atoms with van der Waals surface area (Å²) in [5.74, 6) is 6.88. The van der Waals surface area contributed by atoms with Gasteiger partial charge in [0, 0.05) is 59.4 Å². The van der Waals surface area contributed by atoms with Crippen LogP contribution < -0.4 is 5.32 Å². The number of pyridine rings is 1. The van der Waals surface area contributed by atoms with Crippen LogP contribution in [-0.2, 0) is 15.4 Å². The van der Waals surface area contributed by atoms with Gasteiger partial charge in [0.05, 0.1) is 11.8 Å². The van der Waals surface area contributed by atoms with Gasteiger partial charge in [-0.15, -0.1) is 0 Å². The molecule has 1 aliphatic heterocycles. The molecule has 2 aromatic heterocycles. The average molecular weight is 547 g/mol. The van der Waals surface area contributed by atoms with E-state index in [1.807, 2.05) is 26.8 Å². The third kappa shape index (κ3) is 7.88. The first-order valence-corrected chi connectivity index (χ1v) is 13.9. The van der Waals surface area contributed by atoms with Crippen LogP contribution in [0.3, 0.4) is 0 Å². The Hall–Kier alpha value is -4.23. The minimum Gasteiger partial charge on any atom is -0.459 e. The van der Waals surface area contributed by atoms with Gasteiger partial charge in [0.1, 0.15) is 5.60 Å². The fourth-order valence-electron chi connectivity index (χ4n) is 3.65. The normalized spacial score (nSPS) is 13.7. The van der Waals surface area contributed by atoms with Gasteiger partial charge >= 0.3 is 6.09 Å². The zero-order valence-corrected chi connectivity index (χ0v) is 23.1. The number of benzene rings is 1. The molecule has 0 spiro atoms. The second kappa shape index (κ2) is 12.1. The van der Waals surface area contributed by atoms with Crippen molar-refractivity contribution >= 4 is 34.3 Å². The molecule has 1 aliphatic rings. The van der Waals surface area contributed by atoms with Crippen molar-refractivity contribution < 1.29 is 23.5 Å². The van der Waals surface area contributed by atoms with Gasteiger partial charge < -0.3 is 19.4 Å². The molecule has 0 unspecified atom stereocenters. The third-order valence-electron chi connectivity index (χ3n) is 5.58. The summed E-state index contributed by atoms with van der Waals surface area (Å²) in [5.41, 5.74) is 2.41. The van der Waals surface area contributed by atoms with E-state index in [1.54, 1.807) is 48.4 Å². The predicted molar refractivity (Wildman–Crippen MR) is 150 cm³/mol. The van der Waals surface area contributed by atoms with E-state index in [0.29, 0.717) is 47.0 Å². The maximum atomic E-state index is 12.8. The molecule has 10 heteroatoms. The van der Waals surface area contributed by atoms with Gasteiger partial charge in [-0.2, -0.15) is 4.36 Å². The third-order valence-corrected chi connectivity index (χ3v) is 7.31. The number of carbonyl (C=O) groups is 3. The number of aryl methyl sites for hydroxylation is 1. The molecule has 0 radical (unpaired) electrons. The van der Waals surface area contributed by atoms with Crippen LogP contribution in [-0.4, -0.2) is 58.0 Å². The summed E-state index contributed by atoms with van der Waals surface area (Å²) in [6.07, 6.45) is 4.19. The first kappa shape index (κ1) is 27.8. The maximum Gasteiger partial charge on any atom is 0.410 e. The zero-order valence-electron chi connectivity index (χ0n) is 22.3. The van der Waals surface area contributed by atoms with Crippen molar-refractivity contribution in [3.05, 3.63) is 83.1 Å². The van der Waals surface area contributed by atoms with E-state index in [-0.39, 0.29) is 23.7 Å². The second-order valence-electron chi connectivity index (χ2n) is 9.91. The number of carbonyl (C=O) groups excluding carboxylic acids is 3. The van der Waals surface area contributed by atoms with Crippen molar-refractivity contribution in [3.63, 3.8) is 0 Å². The Labute approximate surface area is 230 Å². The Balaban J connectivity index is 1.38. The number of ether oxygens (including phenoxy) is 1. The van der Waals surface area contributed by atoms with Crippen molar-refractivity contribution in [1.29, 1.82) is 0 Å². The summed E-state index contributed by atoms with van der Waals surface area (Å²) < 4.78 is 15.0. The molecule has 0 saturated carbocycles. The van der Waals surface area contributed by atoms with Crippen LogP contribution in [0.4, 0.5) is 10.5 Å². The first-order valence-electron chi connectivity index (χ1n) is 12.4. The van der Waals surface area contributed by atoms with Gasteiger partial charge in [0.25, 0.3) is 11.8 Å². The van der Waals surface area contributed by atoms with Crippen molar-refractivity contribution in [2.45, 2.75) is 33.3 Å². The molecule has 4 rings (SSSR count). The van der Waals surface area contributed by atoms with Gasteiger partial charge in [-0.1, -0.05) is 28.6 Å². The number of furan rings is 1. The molecule has 1 aromatic carbocycles. The molecule has 3 aromatic rings. The standard InChI is InChI=1S/C29H30N4O5S/c1-20-10-13-37-25(20)27(35)31-24-7-5-6-21(17-24)8-9-22-16-23(19-30-18-22)26(34)32-39-14-11-33(12-15-39)28(36)38-29(2,3)4/h5-7,10,13,16-19H,11-12,14-15H2,1-4H3,(H,31,35). The van der Waals surface area contributed by atoms with E-state index < -0.39 is 16.3 Å².